The second-order valence-electron chi connectivity index (χ2n) is 5.31. The van der Waals surface area contributed by atoms with Crippen LogP contribution in [-0.2, 0) is 21.2 Å². The molecule has 0 saturated heterocycles. The van der Waals surface area contributed by atoms with Crippen molar-refractivity contribution in [1.82, 2.24) is 0 Å². The Morgan fingerprint density at radius 2 is 1.75 bits per heavy atom. The van der Waals surface area contributed by atoms with Gasteiger partial charge in [-0.25, -0.2) is 8.42 Å². The summed E-state index contributed by atoms with van der Waals surface area (Å²) in [7, 11) is -3.58. The molecule has 0 fully saturated rings. The van der Waals surface area contributed by atoms with Crippen LogP contribution in [0.3, 0.4) is 0 Å². The lowest BCUT2D eigenvalue weighted by molar-refractivity contribution is -0.114. The number of anilines is 2. The lowest BCUT2D eigenvalue weighted by atomic mass is 10.1. The van der Waals surface area contributed by atoms with Crippen LogP contribution in [0.25, 0.3) is 0 Å². The minimum absolute atomic E-state index is 0.272. The Labute approximate surface area is 150 Å². The van der Waals surface area contributed by atoms with E-state index in [1.807, 2.05) is 19.1 Å². The summed E-state index contributed by atoms with van der Waals surface area (Å²) < 4.78 is 26.4. The second-order valence-corrected chi connectivity index (χ2v) is 8.13. The zero-order valence-corrected chi connectivity index (χ0v) is 15.9. The molecule has 2 aromatic rings. The van der Waals surface area contributed by atoms with Crippen LogP contribution >= 0.6 is 15.9 Å². The maximum absolute atomic E-state index is 12.3. The lowest BCUT2D eigenvalue weighted by Gasteiger charge is -2.24. The standard InChI is InChI=1S/C17H19BrN2O3S/c1-3-13-6-4-5-7-16(13)20(24(2,22)23)12-17(21)19-15-10-8-14(18)9-11-15/h4-11H,3,12H2,1-2H3,(H,19,21). The number of carbonyl (C=O) groups excluding carboxylic acids is 1. The van der Waals surface area contributed by atoms with Crippen LogP contribution in [0.5, 0.6) is 0 Å². The highest BCUT2D eigenvalue weighted by Crippen LogP contribution is 2.23. The van der Waals surface area contributed by atoms with E-state index in [0.717, 1.165) is 20.6 Å². The lowest BCUT2D eigenvalue weighted by Crippen LogP contribution is -2.38. The number of hydrogen-bond donors (Lipinski definition) is 1. The third-order valence-electron chi connectivity index (χ3n) is 3.46. The van der Waals surface area contributed by atoms with E-state index >= 15 is 0 Å². The van der Waals surface area contributed by atoms with Crippen LogP contribution in [0.15, 0.2) is 53.0 Å². The summed E-state index contributed by atoms with van der Waals surface area (Å²) in [6.07, 6.45) is 1.78. The minimum Gasteiger partial charge on any atom is -0.325 e. The topological polar surface area (TPSA) is 66.5 Å². The fourth-order valence-corrected chi connectivity index (χ4v) is 3.45. The Morgan fingerprint density at radius 3 is 2.33 bits per heavy atom. The highest BCUT2D eigenvalue weighted by Gasteiger charge is 2.22. The average molecular weight is 411 g/mol. The van der Waals surface area contributed by atoms with Gasteiger partial charge in [-0.1, -0.05) is 41.1 Å². The Bertz CT molecular complexity index is 820. The third-order valence-corrected chi connectivity index (χ3v) is 5.11. The van der Waals surface area contributed by atoms with E-state index in [0.29, 0.717) is 17.8 Å². The molecule has 0 heterocycles. The van der Waals surface area contributed by atoms with Gasteiger partial charge in [0.05, 0.1) is 11.9 Å². The molecule has 0 aromatic heterocycles. The Morgan fingerprint density at radius 1 is 1.12 bits per heavy atom. The summed E-state index contributed by atoms with van der Waals surface area (Å²) in [6.45, 7) is 1.67. The van der Waals surface area contributed by atoms with Crippen molar-refractivity contribution in [2.75, 3.05) is 22.4 Å². The summed E-state index contributed by atoms with van der Waals surface area (Å²) in [5.41, 5.74) is 2.02. The largest absolute Gasteiger partial charge is 0.325 e. The van der Waals surface area contributed by atoms with Gasteiger partial charge in [-0.2, -0.15) is 0 Å². The van der Waals surface area contributed by atoms with Gasteiger partial charge < -0.3 is 5.32 Å². The number of rotatable bonds is 6. The van der Waals surface area contributed by atoms with Crippen molar-refractivity contribution in [1.29, 1.82) is 0 Å². The quantitative estimate of drug-likeness (QED) is 0.792. The number of nitrogens with one attached hydrogen (secondary N) is 1. The van der Waals surface area contributed by atoms with E-state index in [4.69, 9.17) is 0 Å². The SMILES string of the molecule is CCc1ccccc1N(CC(=O)Nc1ccc(Br)cc1)S(C)(=O)=O. The Balaban J connectivity index is 2.23. The summed E-state index contributed by atoms with van der Waals surface area (Å²) in [4.78, 5) is 12.3. The molecule has 0 atom stereocenters. The van der Waals surface area contributed by atoms with E-state index in [1.54, 1.807) is 36.4 Å². The van der Waals surface area contributed by atoms with E-state index < -0.39 is 15.9 Å². The molecule has 0 aliphatic carbocycles. The van der Waals surface area contributed by atoms with Crippen LogP contribution in [0, 0.1) is 0 Å². The molecule has 1 amide bonds. The first kappa shape index (κ1) is 18.5. The predicted molar refractivity (Wildman–Crippen MR) is 101 cm³/mol. The van der Waals surface area contributed by atoms with Crippen molar-refractivity contribution >= 4 is 43.2 Å². The van der Waals surface area contributed by atoms with Crippen molar-refractivity contribution in [2.45, 2.75) is 13.3 Å². The van der Waals surface area contributed by atoms with Crippen LogP contribution in [0.2, 0.25) is 0 Å². The predicted octanol–water partition coefficient (Wildman–Crippen LogP) is 3.42. The highest BCUT2D eigenvalue weighted by atomic mass is 79.9. The zero-order valence-electron chi connectivity index (χ0n) is 13.5. The van der Waals surface area contributed by atoms with E-state index in [-0.39, 0.29) is 6.54 Å². The minimum atomic E-state index is -3.58. The number of halogens is 1. The molecule has 5 nitrogen and oxygen atoms in total. The van der Waals surface area contributed by atoms with Gasteiger partial charge in [0.15, 0.2) is 0 Å². The molecule has 0 aliphatic heterocycles. The van der Waals surface area contributed by atoms with Crippen LogP contribution in [-0.4, -0.2) is 27.1 Å². The fraction of sp³-hybridized carbons (Fsp3) is 0.235. The first-order valence-electron chi connectivity index (χ1n) is 7.42. The zero-order chi connectivity index (χ0) is 17.7. The van der Waals surface area contributed by atoms with Crippen molar-refractivity contribution in [3.8, 4) is 0 Å². The summed E-state index contributed by atoms with van der Waals surface area (Å²) in [6, 6.07) is 14.3. The van der Waals surface area contributed by atoms with Crippen molar-refractivity contribution in [2.24, 2.45) is 0 Å². The van der Waals surface area contributed by atoms with E-state index in [1.165, 1.54) is 0 Å². The van der Waals surface area contributed by atoms with E-state index in [2.05, 4.69) is 21.2 Å². The molecule has 2 rings (SSSR count). The Hall–Kier alpha value is -1.86. The van der Waals surface area contributed by atoms with E-state index in [9.17, 15) is 13.2 Å². The van der Waals surface area contributed by atoms with Gasteiger partial charge in [-0.3, -0.25) is 9.10 Å². The van der Waals surface area contributed by atoms with Gasteiger partial charge in [0.25, 0.3) is 0 Å². The van der Waals surface area contributed by atoms with Gasteiger partial charge in [-0.15, -0.1) is 0 Å². The normalized spacial score (nSPS) is 11.1. The molecule has 0 radical (unpaired) electrons. The molecule has 2 aromatic carbocycles. The fourth-order valence-electron chi connectivity index (χ4n) is 2.30. The molecule has 0 unspecified atom stereocenters. The Kier molecular flexibility index (Phi) is 6.01. The summed E-state index contributed by atoms with van der Waals surface area (Å²) in [5, 5.41) is 2.71. The molecule has 0 spiro atoms. The molecule has 24 heavy (non-hydrogen) atoms. The average Bonchev–Trinajstić information content (AvgIpc) is 2.54. The summed E-state index contributed by atoms with van der Waals surface area (Å²) >= 11 is 3.32. The van der Waals surface area contributed by atoms with Crippen molar-refractivity contribution in [3.63, 3.8) is 0 Å². The molecule has 0 aliphatic rings. The number of aryl methyl sites for hydroxylation is 1. The van der Waals surface area contributed by atoms with Gasteiger partial charge in [0.1, 0.15) is 6.54 Å². The van der Waals surface area contributed by atoms with Gasteiger partial charge >= 0.3 is 0 Å². The van der Waals surface area contributed by atoms with Crippen molar-refractivity contribution in [3.05, 3.63) is 58.6 Å². The molecular weight excluding hydrogens is 392 g/mol. The number of hydrogen-bond acceptors (Lipinski definition) is 3. The molecule has 0 saturated carbocycles. The molecule has 128 valence electrons. The van der Waals surface area contributed by atoms with Gasteiger partial charge in [0.2, 0.25) is 15.9 Å². The van der Waals surface area contributed by atoms with Crippen LogP contribution < -0.4 is 9.62 Å². The number of carbonyl (C=O) groups is 1. The van der Waals surface area contributed by atoms with Gasteiger partial charge in [0, 0.05) is 10.2 Å². The number of para-hydroxylation sites is 1. The highest BCUT2D eigenvalue weighted by molar-refractivity contribution is 9.10. The smallest absolute Gasteiger partial charge is 0.245 e. The number of nitrogens with zero attached hydrogens (tertiary/aromatic N) is 1. The number of sulfonamides is 1. The molecular formula is C17H19BrN2O3S. The van der Waals surface area contributed by atoms with Crippen molar-refractivity contribution < 1.29 is 13.2 Å². The van der Waals surface area contributed by atoms with Gasteiger partial charge in [-0.05, 0) is 42.3 Å². The van der Waals surface area contributed by atoms with Crippen LogP contribution in [0.1, 0.15) is 12.5 Å². The molecule has 1 N–H and O–H groups in total. The first-order valence-corrected chi connectivity index (χ1v) is 10.1. The third kappa shape index (κ3) is 4.82. The maximum Gasteiger partial charge on any atom is 0.245 e. The number of benzene rings is 2. The number of amides is 1. The summed E-state index contributed by atoms with van der Waals surface area (Å²) in [5.74, 6) is -0.395. The van der Waals surface area contributed by atoms with Crippen LogP contribution in [0.4, 0.5) is 11.4 Å². The molecule has 0 bridgehead atoms. The second kappa shape index (κ2) is 7.81. The molecule has 7 heteroatoms. The monoisotopic (exact) mass is 410 g/mol. The maximum atomic E-state index is 12.3. The first-order chi connectivity index (χ1) is 11.3.